The maximum Gasteiger partial charge on any atom is 0.352 e. The largest absolute Gasteiger partial charge is 0.477 e. The molecule has 1 fully saturated rings. The van der Waals surface area contributed by atoms with E-state index in [0.717, 1.165) is 15.1 Å². The first-order valence-corrected chi connectivity index (χ1v) is 10.5. The van der Waals surface area contributed by atoms with Gasteiger partial charge in [-0.2, -0.15) is 5.10 Å². The summed E-state index contributed by atoms with van der Waals surface area (Å²) in [6.45, 7) is 4.48. The Labute approximate surface area is 178 Å². The fourth-order valence-electron chi connectivity index (χ4n) is 3.03. The summed E-state index contributed by atoms with van der Waals surface area (Å²) in [5.41, 5.74) is 0.886. The monoisotopic (exact) mass is 486 g/mol. The highest BCUT2D eigenvalue weighted by molar-refractivity contribution is 9.10. The van der Waals surface area contributed by atoms with Crippen molar-refractivity contribution in [2.75, 3.05) is 12.4 Å². The zero-order chi connectivity index (χ0) is 21.5. The molecule has 12 heteroatoms. The molecule has 2 aliphatic heterocycles. The first kappa shape index (κ1) is 21.4. The molecule has 3 rings (SSSR count). The van der Waals surface area contributed by atoms with Crippen LogP contribution in [0.15, 0.2) is 21.9 Å². The number of esters is 1. The van der Waals surface area contributed by atoms with E-state index in [9.17, 15) is 24.3 Å². The van der Waals surface area contributed by atoms with Gasteiger partial charge >= 0.3 is 11.9 Å². The predicted molar refractivity (Wildman–Crippen MR) is 106 cm³/mol. The SMILES string of the molecule is CC(=O)OCC1=C(C(=O)O)N2C(=O)C(NC(=O)C(C)n3cc(Br)c(C)n3)C2SC1. The average molecular weight is 487 g/mol. The van der Waals surface area contributed by atoms with Gasteiger partial charge in [-0.05, 0) is 29.8 Å². The number of carbonyl (C=O) groups is 4. The van der Waals surface area contributed by atoms with Gasteiger partial charge in [0.25, 0.3) is 5.91 Å². The molecule has 0 spiro atoms. The van der Waals surface area contributed by atoms with Crippen molar-refractivity contribution in [1.29, 1.82) is 0 Å². The van der Waals surface area contributed by atoms with Gasteiger partial charge in [0.15, 0.2) is 0 Å². The summed E-state index contributed by atoms with van der Waals surface area (Å²) in [6.07, 6.45) is 1.68. The quantitative estimate of drug-likeness (QED) is 0.446. The Hall–Kier alpha value is -2.34. The van der Waals surface area contributed by atoms with Crippen LogP contribution in [0.4, 0.5) is 0 Å². The van der Waals surface area contributed by atoms with E-state index in [0.29, 0.717) is 5.57 Å². The van der Waals surface area contributed by atoms with Crippen LogP contribution in [-0.2, 0) is 23.9 Å². The molecule has 3 atom stereocenters. The standard InChI is InChI=1S/C17H19BrN4O6S/c1-7-11(18)4-21(20-7)8(2)14(24)19-12-15(25)22-13(17(26)27)10(5-28-9(3)23)6-29-16(12)22/h4,8,12,16H,5-6H2,1-3H3,(H,19,24)(H,26,27). The minimum Gasteiger partial charge on any atom is -0.477 e. The van der Waals surface area contributed by atoms with E-state index >= 15 is 0 Å². The summed E-state index contributed by atoms with van der Waals surface area (Å²) in [4.78, 5) is 49.1. The van der Waals surface area contributed by atoms with Crippen molar-refractivity contribution >= 4 is 51.4 Å². The van der Waals surface area contributed by atoms with Crippen molar-refractivity contribution < 1.29 is 29.0 Å². The maximum atomic E-state index is 12.6. The van der Waals surface area contributed by atoms with Gasteiger partial charge in [-0.3, -0.25) is 24.0 Å². The van der Waals surface area contributed by atoms with Gasteiger partial charge in [0.05, 0.1) is 10.2 Å². The normalized spacial score (nSPS) is 21.9. The molecule has 0 aromatic carbocycles. The van der Waals surface area contributed by atoms with Crippen LogP contribution in [0.25, 0.3) is 0 Å². The number of rotatable bonds is 6. The molecule has 29 heavy (non-hydrogen) atoms. The summed E-state index contributed by atoms with van der Waals surface area (Å²) in [5.74, 6) is -2.45. The Kier molecular flexibility index (Phi) is 6.03. The first-order valence-electron chi connectivity index (χ1n) is 8.66. The number of ether oxygens (including phenoxy) is 1. The lowest BCUT2D eigenvalue weighted by atomic mass is 10.0. The number of hydrogen-bond donors (Lipinski definition) is 2. The predicted octanol–water partition coefficient (Wildman–Crippen LogP) is 0.817. The highest BCUT2D eigenvalue weighted by Gasteiger charge is 2.54. The number of nitrogens with zero attached hydrogens (tertiary/aromatic N) is 3. The zero-order valence-electron chi connectivity index (χ0n) is 15.8. The van der Waals surface area contributed by atoms with E-state index < -0.39 is 41.2 Å². The van der Waals surface area contributed by atoms with E-state index in [2.05, 4.69) is 26.3 Å². The van der Waals surface area contributed by atoms with Gasteiger partial charge in [-0.1, -0.05) is 0 Å². The van der Waals surface area contributed by atoms with Crippen molar-refractivity contribution in [2.24, 2.45) is 0 Å². The fourth-order valence-corrected chi connectivity index (χ4v) is 4.65. The van der Waals surface area contributed by atoms with Gasteiger partial charge in [0.1, 0.15) is 29.8 Å². The first-order chi connectivity index (χ1) is 13.6. The highest BCUT2D eigenvalue weighted by Crippen LogP contribution is 2.40. The van der Waals surface area contributed by atoms with Gasteiger partial charge in [-0.25, -0.2) is 4.79 Å². The number of nitrogens with one attached hydrogen (secondary N) is 1. The van der Waals surface area contributed by atoms with Crippen LogP contribution in [0.1, 0.15) is 25.6 Å². The lowest BCUT2D eigenvalue weighted by Gasteiger charge is -2.49. The molecular formula is C17H19BrN4O6S. The van der Waals surface area contributed by atoms with Gasteiger partial charge in [0, 0.05) is 24.4 Å². The van der Waals surface area contributed by atoms with Crippen molar-refractivity contribution in [3.63, 3.8) is 0 Å². The Morgan fingerprint density at radius 3 is 2.72 bits per heavy atom. The topological polar surface area (TPSA) is 131 Å². The van der Waals surface area contributed by atoms with E-state index in [1.165, 1.54) is 23.4 Å². The van der Waals surface area contributed by atoms with Crippen molar-refractivity contribution in [3.05, 3.63) is 27.6 Å². The van der Waals surface area contributed by atoms with Gasteiger partial charge in [-0.15, -0.1) is 11.8 Å². The molecule has 3 heterocycles. The third kappa shape index (κ3) is 4.04. The maximum absolute atomic E-state index is 12.6. The molecule has 1 saturated heterocycles. The second-order valence-corrected chi connectivity index (χ2v) is 8.61. The molecular weight excluding hydrogens is 468 g/mol. The minimum atomic E-state index is -1.28. The number of aromatic nitrogens is 2. The second-order valence-electron chi connectivity index (χ2n) is 6.65. The van der Waals surface area contributed by atoms with Crippen LogP contribution in [-0.4, -0.2) is 67.3 Å². The molecule has 3 unspecified atom stereocenters. The third-order valence-corrected chi connectivity index (χ3v) is 6.75. The fraction of sp³-hybridized carbons (Fsp3) is 0.471. The smallest absolute Gasteiger partial charge is 0.352 e. The third-order valence-electron chi connectivity index (χ3n) is 4.63. The number of halogens is 1. The molecule has 156 valence electrons. The van der Waals surface area contributed by atoms with Crippen LogP contribution in [0.5, 0.6) is 0 Å². The molecule has 2 aliphatic rings. The number of aryl methyl sites for hydroxylation is 1. The number of β-lactam (4-membered cyclic amide) rings is 1. The summed E-state index contributed by atoms with van der Waals surface area (Å²) >= 11 is 4.65. The molecule has 0 radical (unpaired) electrons. The Morgan fingerprint density at radius 2 is 2.17 bits per heavy atom. The van der Waals surface area contributed by atoms with E-state index in [1.807, 2.05) is 0 Å². The van der Waals surface area contributed by atoms with Crippen LogP contribution < -0.4 is 5.32 Å². The molecule has 2 N–H and O–H groups in total. The Bertz CT molecular complexity index is 910. The average Bonchev–Trinajstić information content (AvgIpc) is 3.00. The summed E-state index contributed by atoms with van der Waals surface area (Å²) < 4.78 is 7.15. The van der Waals surface area contributed by atoms with E-state index in [1.54, 1.807) is 20.0 Å². The molecule has 0 saturated carbocycles. The van der Waals surface area contributed by atoms with E-state index in [-0.39, 0.29) is 18.1 Å². The molecule has 10 nitrogen and oxygen atoms in total. The zero-order valence-corrected chi connectivity index (χ0v) is 18.2. The number of carboxylic acids is 1. The number of carbonyl (C=O) groups excluding carboxylic acids is 3. The van der Waals surface area contributed by atoms with Gasteiger partial charge in [0.2, 0.25) is 5.91 Å². The van der Waals surface area contributed by atoms with Crippen LogP contribution in [0.3, 0.4) is 0 Å². The molecule has 0 bridgehead atoms. The molecule has 0 aliphatic carbocycles. The molecule has 2 amide bonds. The lowest BCUT2D eigenvalue weighted by molar-refractivity contribution is -0.151. The second kappa shape index (κ2) is 8.19. The minimum absolute atomic E-state index is 0.190. The summed E-state index contributed by atoms with van der Waals surface area (Å²) in [7, 11) is 0. The Balaban J connectivity index is 1.72. The number of amides is 2. The van der Waals surface area contributed by atoms with Crippen molar-refractivity contribution in [3.8, 4) is 0 Å². The van der Waals surface area contributed by atoms with Crippen LogP contribution >= 0.6 is 27.7 Å². The molecule has 1 aromatic rings. The summed E-state index contributed by atoms with van der Waals surface area (Å²) in [5, 5.41) is 15.9. The summed E-state index contributed by atoms with van der Waals surface area (Å²) in [6, 6.07) is -1.48. The van der Waals surface area contributed by atoms with Crippen molar-refractivity contribution in [1.82, 2.24) is 20.0 Å². The van der Waals surface area contributed by atoms with Crippen molar-refractivity contribution in [2.45, 2.75) is 38.2 Å². The number of thioether (sulfide) groups is 1. The Morgan fingerprint density at radius 1 is 1.48 bits per heavy atom. The van der Waals surface area contributed by atoms with Crippen LogP contribution in [0.2, 0.25) is 0 Å². The number of hydrogen-bond acceptors (Lipinski definition) is 7. The van der Waals surface area contributed by atoms with E-state index in [4.69, 9.17) is 4.74 Å². The van der Waals surface area contributed by atoms with Crippen LogP contribution in [0, 0.1) is 6.92 Å². The highest BCUT2D eigenvalue weighted by atomic mass is 79.9. The number of aliphatic carboxylic acids is 1. The number of carboxylic acid groups (broad SMARTS) is 1. The molecule has 1 aromatic heterocycles. The number of fused-ring (bicyclic) bond motifs is 1. The van der Waals surface area contributed by atoms with Gasteiger partial charge < -0.3 is 15.2 Å². The lowest BCUT2D eigenvalue weighted by Crippen LogP contribution is -2.71.